The first-order valence-corrected chi connectivity index (χ1v) is 6.91. The summed E-state index contributed by atoms with van der Waals surface area (Å²) in [5, 5.41) is 0.684. The zero-order valence-corrected chi connectivity index (χ0v) is 12.6. The van der Waals surface area contributed by atoms with Crippen LogP contribution in [0.2, 0.25) is 5.02 Å². The highest BCUT2D eigenvalue weighted by molar-refractivity contribution is 6.32. The van der Waals surface area contributed by atoms with Crippen molar-refractivity contribution >= 4 is 11.6 Å². The smallest absolute Gasteiger partial charge is 0.137 e. The van der Waals surface area contributed by atoms with E-state index in [4.69, 9.17) is 22.1 Å². The van der Waals surface area contributed by atoms with Crippen LogP contribution in [0.15, 0.2) is 12.1 Å². The van der Waals surface area contributed by atoms with Crippen molar-refractivity contribution in [3.8, 4) is 5.75 Å². The van der Waals surface area contributed by atoms with Crippen LogP contribution in [0.25, 0.3) is 0 Å². The summed E-state index contributed by atoms with van der Waals surface area (Å²) in [5.41, 5.74) is 8.27. The molecule has 1 aromatic rings. The van der Waals surface area contributed by atoms with Crippen LogP contribution in [-0.4, -0.2) is 13.7 Å². The molecule has 1 rings (SSSR count). The highest BCUT2D eigenvalue weighted by Gasteiger charge is 2.17. The van der Waals surface area contributed by atoms with Crippen molar-refractivity contribution in [2.75, 3.05) is 13.7 Å². The van der Waals surface area contributed by atoms with Gasteiger partial charge in [0.2, 0.25) is 0 Å². The number of halogens is 1. The van der Waals surface area contributed by atoms with Gasteiger partial charge in [-0.15, -0.1) is 0 Å². The Hall–Kier alpha value is -0.730. The van der Waals surface area contributed by atoms with Crippen molar-refractivity contribution in [1.82, 2.24) is 0 Å². The molecule has 0 aliphatic rings. The fourth-order valence-electron chi connectivity index (χ4n) is 2.44. The summed E-state index contributed by atoms with van der Waals surface area (Å²) in [7, 11) is 1.64. The van der Waals surface area contributed by atoms with Crippen LogP contribution in [0.4, 0.5) is 0 Å². The Kier molecular flexibility index (Phi) is 5.97. The Morgan fingerprint density at radius 1 is 1.33 bits per heavy atom. The molecule has 1 aromatic carbocycles. The van der Waals surface area contributed by atoms with Crippen molar-refractivity contribution in [3.05, 3.63) is 28.3 Å². The predicted octanol–water partition coefficient (Wildman–Crippen LogP) is 4.14. The molecular weight excluding hydrogens is 246 g/mol. The summed E-state index contributed by atoms with van der Waals surface area (Å²) in [6, 6.07) is 4.06. The fourth-order valence-corrected chi connectivity index (χ4v) is 2.69. The lowest BCUT2D eigenvalue weighted by Gasteiger charge is -2.22. The fraction of sp³-hybridized carbons (Fsp3) is 0.600. The average Bonchev–Trinajstić information content (AvgIpc) is 2.30. The highest BCUT2D eigenvalue weighted by Crippen LogP contribution is 2.35. The Labute approximate surface area is 115 Å². The summed E-state index contributed by atoms with van der Waals surface area (Å²) < 4.78 is 5.24. The van der Waals surface area contributed by atoms with Gasteiger partial charge in [-0.2, -0.15) is 0 Å². The summed E-state index contributed by atoms with van der Waals surface area (Å²) in [5.74, 6) is 1.88. The molecule has 0 saturated heterocycles. The van der Waals surface area contributed by atoms with Crippen LogP contribution in [0.1, 0.15) is 43.7 Å². The van der Waals surface area contributed by atoms with Gasteiger partial charge in [0, 0.05) is 0 Å². The molecule has 2 nitrogen and oxygen atoms in total. The molecular formula is C15H24ClNO. The van der Waals surface area contributed by atoms with E-state index in [2.05, 4.69) is 20.8 Å². The normalized spacial score (nSPS) is 12.8. The van der Waals surface area contributed by atoms with E-state index in [-0.39, 0.29) is 0 Å². The number of hydrogen-bond donors (Lipinski definition) is 1. The third kappa shape index (κ3) is 3.89. The van der Waals surface area contributed by atoms with Crippen molar-refractivity contribution < 1.29 is 4.74 Å². The SMILES string of the molecule is COc1cc(C)c(C(CCN)CC(C)C)cc1Cl. The van der Waals surface area contributed by atoms with Crippen LogP contribution < -0.4 is 10.5 Å². The largest absolute Gasteiger partial charge is 0.495 e. The molecule has 0 spiro atoms. The molecule has 0 fully saturated rings. The van der Waals surface area contributed by atoms with Crippen LogP contribution in [0.3, 0.4) is 0 Å². The lowest BCUT2D eigenvalue weighted by molar-refractivity contribution is 0.413. The first-order valence-electron chi connectivity index (χ1n) is 6.53. The monoisotopic (exact) mass is 269 g/mol. The van der Waals surface area contributed by atoms with Crippen molar-refractivity contribution in [2.24, 2.45) is 11.7 Å². The molecule has 2 N–H and O–H groups in total. The zero-order chi connectivity index (χ0) is 13.7. The summed E-state index contributed by atoms with van der Waals surface area (Å²) in [6.45, 7) is 7.30. The van der Waals surface area contributed by atoms with E-state index >= 15 is 0 Å². The number of hydrogen-bond acceptors (Lipinski definition) is 2. The third-order valence-electron chi connectivity index (χ3n) is 3.25. The third-order valence-corrected chi connectivity index (χ3v) is 3.55. The first-order chi connectivity index (χ1) is 8.49. The van der Waals surface area contributed by atoms with Gasteiger partial charge in [0.25, 0.3) is 0 Å². The molecule has 0 aliphatic heterocycles. The van der Waals surface area contributed by atoms with Gasteiger partial charge in [-0.3, -0.25) is 0 Å². The molecule has 0 radical (unpaired) electrons. The number of nitrogens with two attached hydrogens (primary N) is 1. The molecule has 0 amide bonds. The van der Waals surface area contributed by atoms with Gasteiger partial charge < -0.3 is 10.5 Å². The van der Waals surface area contributed by atoms with E-state index in [0.717, 1.165) is 18.6 Å². The zero-order valence-electron chi connectivity index (χ0n) is 11.8. The number of benzene rings is 1. The van der Waals surface area contributed by atoms with Crippen LogP contribution >= 0.6 is 11.6 Å². The topological polar surface area (TPSA) is 35.2 Å². The lowest BCUT2D eigenvalue weighted by Crippen LogP contribution is -2.11. The van der Waals surface area contributed by atoms with Gasteiger partial charge >= 0.3 is 0 Å². The van der Waals surface area contributed by atoms with Gasteiger partial charge in [0.1, 0.15) is 5.75 Å². The molecule has 0 aliphatic carbocycles. The maximum atomic E-state index is 6.23. The Bertz CT molecular complexity index is 390. The number of rotatable bonds is 6. The second kappa shape index (κ2) is 7.01. The summed E-state index contributed by atoms with van der Waals surface area (Å²) >= 11 is 6.23. The van der Waals surface area contributed by atoms with Gasteiger partial charge in [0.05, 0.1) is 12.1 Å². The van der Waals surface area contributed by atoms with Gasteiger partial charge in [0.15, 0.2) is 0 Å². The summed E-state index contributed by atoms with van der Waals surface area (Å²) in [4.78, 5) is 0. The predicted molar refractivity (Wildman–Crippen MR) is 78.6 cm³/mol. The quantitative estimate of drug-likeness (QED) is 0.843. The molecule has 3 heteroatoms. The van der Waals surface area contributed by atoms with E-state index in [0.29, 0.717) is 23.4 Å². The molecule has 0 bridgehead atoms. The van der Waals surface area contributed by atoms with Gasteiger partial charge in [-0.05, 0) is 61.4 Å². The number of ether oxygens (including phenoxy) is 1. The van der Waals surface area contributed by atoms with Crippen molar-refractivity contribution in [1.29, 1.82) is 0 Å². The second-order valence-corrected chi connectivity index (χ2v) is 5.65. The Morgan fingerprint density at radius 3 is 2.50 bits per heavy atom. The Morgan fingerprint density at radius 2 is 2.00 bits per heavy atom. The molecule has 0 saturated carbocycles. The number of methoxy groups -OCH3 is 1. The molecule has 18 heavy (non-hydrogen) atoms. The molecule has 0 aromatic heterocycles. The van der Waals surface area contributed by atoms with E-state index in [1.165, 1.54) is 11.1 Å². The first kappa shape index (κ1) is 15.3. The molecule has 1 atom stereocenters. The van der Waals surface area contributed by atoms with E-state index in [9.17, 15) is 0 Å². The molecule has 1 unspecified atom stereocenters. The van der Waals surface area contributed by atoms with E-state index in [1.54, 1.807) is 7.11 Å². The van der Waals surface area contributed by atoms with E-state index in [1.807, 2.05) is 12.1 Å². The van der Waals surface area contributed by atoms with Crippen LogP contribution in [-0.2, 0) is 0 Å². The molecule has 0 heterocycles. The standard InChI is InChI=1S/C15H24ClNO/c1-10(2)7-12(5-6-17)13-9-14(16)15(18-4)8-11(13)3/h8-10,12H,5-7,17H2,1-4H3. The minimum absolute atomic E-state index is 0.485. The van der Waals surface area contributed by atoms with Crippen molar-refractivity contribution in [3.63, 3.8) is 0 Å². The summed E-state index contributed by atoms with van der Waals surface area (Å²) in [6.07, 6.45) is 2.14. The van der Waals surface area contributed by atoms with Crippen LogP contribution in [0.5, 0.6) is 5.75 Å². The van der Waals surface area contributed by atoms with Crippen LogP contribution in [0, 0.1) is 12.8 Å². The number of aryl methyl sites for hydroxylation is 1. The Balaban J connectivity index is 3.07. The highest BCUT2D eigenvalue weighted by atomic mass is 35.5. The minimum atomic E-state index is 0.485. The van der Waals surface area contributed by atoms with Crippen molar-refractivity contribution in [2.45, 2.75) is 39.5 Å². The minimum Gasteiger partial charge on any atom is -0.495 e. The average molecular weight is 270 g/mol. The van der Waals surface area contributed by atoms with Gasteiger partial charge in [-0.1, -0.05) is 25.4 Å². The van der Waals surface area contributed by atoms with E-state index < -0.39 is 0 Å². The molecule has 102 valence electrons. The second-order valence-electron chi connectivity index (χ2n) is 5.25. The van der Waals surface area contributed by atoms with Gasteiger partial charge in [-0.25, -0.2) is 0 Å². The lowest BCUT2D eigenvalue weighted by atomic mass is 9.85. The maximum absolute atomic E-state index is 6.23. The maximum Gasteiger partial charge on any atom is 0.137 e.